The predicted molar refractivity (Wildman–Crippen MR) is 52.4 cm³/mol. The van der Waals surface area contributed by atoms with E-state index in [1.54, 1.807) is 7.11 Å². The Labute approximate surface area is 84.6 Å². The van der Waals surface area contributed by atoms with Gasteiger partial charge in [0.15, 0.2) is 0 Å². The molecule has 0 radical (unpaired) electrons. The number of methoxy groups -OCH3 is 1. The molecule has 5 nitrogen and oxygen atoms in total. The van der Waals surface area contributed by atoms with Crippen LogP contribution >= 0.6 is 0 Å². The van der Waals surface area contributed by atoms with Crippen molar-refractivity contribution in [3.8, 4) is 0 Å². The molecule has 0 bridgehead atoms. The minimum absolute atomic E-state index is 0.175. The van der Waals surface area contributed by atoms with Gasteiger partial charge in [0.25, 0.3) is 0 Å². The Morgan fingerprint density at radius 2 is 2.00 bits per heavy atom. The second kappa shape index (κ2) is 8.93. The zero-order chi connectivity index (χ0) is 10.8. The van der Waals surface area contributed by atoms with Gasteiger partial charge in [0, 0.05) is 20.2 Å². The van der Waals surface area contributed by atoms with Crippen molar-refractivity contribution >= 4 is 5.97 Å². The summed E-state index contributed by atoms with van der Waals surface area (Å²) < 4.78 is 10.0. The average Bonchev–Trinajstić information content (AvgIpc) is 2.14. The maximum atomic E-state index is 10.2. The first-order valence-corrected chi connectivity index (χ1v) is 4.64. The third-order valence-electron chi connectivity index (χ3n) is 1.76. The zero-order valence-electron chi connectivity index (χ0n) is 8.86. The van der Waals surface area contributed by atoms with E-state index < -0.39 is 5.97 Å². The molecule has 0 aromatic carbocycles. The van der Waals surface area contributed by atoms with Crippen molar-refractivity contribution in [2.24, 2.45) is 0 Å². The maximum absolute atomic E-state index is 10.2. The summed E-state index contributed by atoms with van der Waals surface area (Å²) in [5.74, 6) is -0.767. The molecular weight excluding hydrogens is 186 g/mol. The first kappa shape index (κ1) is 13.4. The molecule has 5 heteroatoms. The smallest absolute Gasteiger partial charge is 0.304 e. The van der Waals surface area contributed by atoms with E-state index in [4.69, 9.17) is 14.6 Å². The molecule has 0 saturated heterocycles. The summed E-state index contributed by atoms with van der Waals surface area (Å²) >= 11 is 0. The van der Waals surface area contributed by atoms with Gasteiger partial charge in [-0.2, -0.15) is 0 Å². The molecule has 0 saturated carbocycles. The highest BCUT2D eigenvalue weighted by atomic mass is 16.5. The third kappa shape index (κ3) is 9.44. The number of carboxylic acid groups (broad SMARTS) is 1. The number of hydrogen-bond acceptors (Lipinski definition) is 4. The number of likely N-dealkylation sites (N-methyl/N-ethyl adjacent to an activating group) is 1. The second-order valence-corrected chi connectivity index (χ2v) is 3.05. The van der Waals surface area contributed by atoms with Crippen LogP contribution in [0.2, 0.25) is 0 Å². The van der Waals surface area contributed by atoms with E-state index in [0.29, 0.717) is 26.4 Å². The molecule has 0 aromatic heterocycles. The van der Waals surface area contributed by atoms with Gasteiger partial charge >= 0.3 is 5.97 Å². The molecule has 0 aromatic rings. The molecule has 0 aliphatic rings. The maximum Gasteiger partial charge on any atom is 0.304 e. The summed E-state index contributed by atoms with van der Waals surface area (Å²) in [7, 11) is 3.50. The van der Waals surface area contributed by atoms with Gasteiger partial charge in [-0.15, -0.1) is 0 Å². The van der Waals surface area contributed by atoms with E-state index in [-0.39, 0.29) is 6.42 Å². The molecule has 14 heavy (non-hydrogen) atoms. The number of rotatable bonds is 9. The van der Waals surface area contributed by atoms with Crippen molar-refractivity contribution in [1.82, 2.24) is 4.90 Å². The Morgan fingerprint density at radius 3 is 2.57 bits per heavy atom. The van der Waals surface area contributed by atoms with Crippen LogP contribution in [-0.4, -0.2) is 63.0 Å². The van der Waals surface area contributed by atoms with Crippen LogP contribution in [0.5, 0.6) is 0 Å². The third-order valence-corrected chi connectivity index (χ3v) is 1.76. The normalized spacial score (nSPS) is 10.8. The van der Waals surface area contributed by atoms with Gasteiger partial charge in [-0.3, -0.25) is 4.79 Å². The molecule has 0 aliphatic heterocycles. The van der Waals surface area contributed by atoms with Gasteiger partial charge in [0.05, 0.1) is 26.2 Å². The van der Waals surface area contributed by atoms with Crippen LogP contribution in [0.3, 0.4) is 0 Å². The van der Waals surface area contributed by atoms with E-state index in [1.165, 1.54) is 0 Å². The minimum Gasteiger partial charge on any atom is -0.481 e. The van der Waals surface area contributed by atoms with Crippen molar-refractivity contribution in [2.45, 2.75) is 6.42 Å². The Morgan fingerprint density at radius 1 is 1.29 bits per heavy atom. The van der Waals surface area contributed by atoms with Gasteiger partial charge in [-0.1, -0.05) is 0 Å². The number of hydrogen-bond donors (Lipinski definition) is 1. The molecule has 0 heterocycles. The van der Waals surface area contributed by atoms with E-state index >= 15 is 0 Å². The van der Waals surface area contributed by atoms with Crippen LogP contribution in [0.1, 0.15) is 6.42 Å². The fraction of sp³-hybridized carbons (Fsp3) is 0.889. The van der Waals surface area contributed by atoms with E-state index in [2.05, 4.69) is 0 Å². The molecule has 84 valence electrons. The van der Waals surface area contributed by atoms with Crippen LogP contribution in [0.4, 0.5) is 0 Å². The lowest BCUT2D eigenvalue weighted by Gasteiger charge is -2.14. The lowest BCUT2D eigenvalue weighted by atomic mass is 10.4. The Kier molecular flexibility index (Phi) is 8.51. The SMILES string of the molecule is COCCOCCN(C)CCC(=O)O. The summed E-state index contributed by atoms with van der Waals surface area (Å²) in [6, 6.07) is 0. The van der Waals surface area contributed by atoms with Crippen molar-refractivity contribution in [3.05, 3.63) is 0 Å². The number of aliphatic carboxylic acids is 1. The molecule has 0 atom stereocenters. The first-order chi connectivity index (χ1) is 6.66. The van der Waals surface area contributed by atoms with Gasteiger partial charge < -0.3 is 19.5 Å². The Balaban J connectivity index is 3.18. The molecular formula is C9H19NO4. The number of ether oxygens (including phenoxy) is 2. The van der Waals surface area contributed by atoms with Crippen LogP contribution in [0, 0.1) is 0 Å². The van der Waals surface area contributed by atoms with Gasteiger partial charge in [0.1, 0.15) is 0 Å². The summed E-state index contributed by atoms with van der Waals surface area (Å²) in [6.07, 6.45) is 0.175. The molecule has 0 fully saturated rings. The molecule has 1 N–H and O–H groups in total. The fourth-order valence-electron chi connectivity index (χ4n) is 0.863. The van der Waals surface area contributed by atoms with Crippen molar-refractivity contribution < 1.29 is 19.4 Å². The Hall–Kier alpha value is -0.650. The summed E-state index contributed by atoms with van der Waals surface area (Å²) in [6.45, 7) is 3.10. The molecule has 0 aliphatic carbocycles. The quantitative estimate of drug-likeness (QED) is 0.539. The van der Waals surface area contributed by atoms with E-state index in [1.807, 2.05) is 11.9 Å². The van der Waals surface area contributed by atoms with E-state index in [9.17, 15) is 4.79 Å². The zero-order valence-corrected chi connectivity index (χ0v) is 8.86. The van der Waals surface area contributed by atoms with Crippen LogP contribution in [-0.2, 0) is 14.3 Å². The summed E-state index contributed by atoms with van der Waals surface area (Å²) in [5, 5.41) is 8.43. The number of carboxylic acids is 1. The largest absolute Gasteiger partial charge is 0.481 e. The minimum atomic E-state index is -0.767. The van der Waals surface area contributed by atoms with Gasteiger partial charge in [-0.05, 0) is 7.05 Å². The lowest BCUT2D eigenvalue weighted by molar-refractivity contribution is -0.137. The van der Waals surface area contributed by atoms with Crippen LogP contribution < -0.4 is 0 Å². The fourth-order valence-corrected chi connectivity index (χ4v) is 0.863. The van der Waals surface area contributed by atoms with Gasteiger partial charge in [-0.25, -0.2) is 0 Å². The predicted octanol–water partition coefficient (Wildman–Crippen LogP) is 0.0559. The van der Waals surface area contributed by atoms with Crippen LogP contribution in [0.15, 0.2) is 0 Å². The lowest BCUT2D eigenvalue weighted by Crippen LogP contribution is -2.26. The van der Waals surface area contributed by atoms with E-state index in [0.717, 1.165) is 6.54 Å². The molecule has 0 amide bonds. The molecule has 0 spiro atoms. The topological polar surface area (TPSA) is 59.0 Å². The second-order valence-electron chi connectivity index (χ2n) is 3.05. The summed E-state index contributed by atoms with van der Waals surface area (Å²) in [5.41, 5.74) is 0. The Bertz CT molecular complexity index is 152. The highest BCUT2D eigenvalue weighted by Crippen LogP contribution is 1.88. The summed E-state index contributed by atoms with van der Waals surface area (Å²) in [4.78, 5) is 12.2. The number of carbonyl (C=O) groups is 1. The van der Waals surface area contributed by atoms with Gasteiger partial charge in [0.2, 0.25) is 0 Å². The van der Waals surface area contributed by atoms with Crippen molar-refractivity contribution in [3.63, 3.8) is 0 Å². The highest BCUT2D eigenvalue weighted by Gasteiger charge is 2.01. The standard InChI is InChI=1S/C9H19NO4/c1-10(4-3-9(11)12)5-6-14-8-7-13-2/h3-8H2,1-2H3,(H,11,12). The van der Waals surface area contributed by atoms with Crippen LogP contribution in [0.25, 0.3) is 0 Å². The average molecular weight is 205 g/mol. The van der Waals surface area contributed by atoms with Crippen molar-refractivity contribution in [1.29, 1.82) is 0 Å². The highest BCUT2D eigenvalue weighted by molar-refractivity contribution is 5.66. The first-order valence-electron chi connectivity index (χ1n) is 4.64. The van der Waals surface area contributed by atoms with Crippen molar-refractivity contribution in [2.75, 3.05) is 47.1 Å². The monoisotopic (exact) mass is 205 g/mol. The molecule has 0 unspecified atom stereocenters. The number of nitrogens with zero attached hydrogens (tertiary/aromatic N) is 1. The molecule has 0 rings (SSSR count).